The first kappa shape index (κ1) is 14.3. The summed E-state index contributed by atoms with van der Waals surface area (Å²) in [7, 11) is 1.61. The van der Waals surface area contributed by atoms with Crippen LogP contribution >= 0.6 is 0 Å². The summed E-state index contributed by atoms with van der Waals surface area (Å²) in [6.45, 7) is 5.48. The fraction of sp³-hybridized carbons (Fsp3) is 0.900. The second kappa shape index (κ2) is 7.62. The Kier molecular flexibility index (Phi) is 7.29. The van der Waals surface area contributed by atoms with E-state index in [1.807, 2.05) is 18.7 Å². The predicted octanol–water partition coefficient (Wildman–Crippen LogP) is 0.145. The second-order valence-electron chi connectivity index (χ2n) is 3.76. The average Bonchev–Trinajstić information content (AvgIpc) is 2.16. The molecule has 0 rings (SSSR count). The fourth-order valence-electron chi connectivity index (χ4n) is 1.56. The molecule has 0 bridgehead atoms. The van der Waals surface area contributed by atoms with Crippen LogP contribution in [0.15, 0.2) is 0 Å². The van der Waals surface area contributed by atoms with Gasteiger partial charge in [0.15, 0.2) is 0 Å². The first-order chi connectivity index (χ1) is 7.04. The number of hydrogen-bond acceptors (Lipinski definition) is 4. The molecule has 0 heterocycles. The van der Waals surface area contributed by atoms with Gasteiger partial charge in [0, 0.05) is 19.7 Å². The Hall–Kier alpha value is -0.650. The quantitative estimate of drug-likeness (QED) is 0.606. The summed E-state index contributed by atoms with van der Waals surface area (Å²) in [6.07, 6.45) is 0.469. The van der Waals surface area contributed by atoms with Crippen molar-refractivity contribution in [1.82, 2.24) is 4.90 Å². The van der Waals surface area contributed by atoms with Gasteiger partial charge in [-0.1, -0.05) is 0 Å². The number of ether oxygens (including phenoxy) is 1. The molecule has 0 amide bonds. The average molecular weight is 218 g/mol. The van der Waals surface area contributed by atoms with Gasteiger partial charge in [-0.25, -0.2) is 0 Å². The van der Waals surface area contributed by atoms with Crippen LogP contribution in [0.25, 0.3) is 0 Å². The molecule has 0 radical (unpaired) electrons. The molecule has 0 saturated carbocycles. The lowest BCUT2D eigenvalue weighted by molar-refractivity contribution is -0.144. The topological polar surface area (TPSA) is 75.8 Å². The van der Waals surface area contributed by atoms with Crippen molar-refractivity contribution in [1.29, 1.82) is 0 Å². The van der Waals surface area contributed by atoms with Crippen LogP contribution in [0.2, 0.25) is 0 Å². The van der Waals surface area contributed by atoms with Crippen molar-refractivity contribution >= 4 is 5.97 Å². The lowest BCUT2D eigenvalue weighted by atomic mass is 10.1. The number of carboxylic acids is 1. The maximum Gasteiger partial charge on any atom is 0.320 e. The Labute approximate surface area is 91.2 Å². The van der Waals surface area contributed by atoms with Crippen LogP contribution in [0.3, 0.4) is 0 Å². The standard InChI is InChI=1S/C10H22N2O3/c1-8(2)12(6-7-15-3)9(4-5-11)10(13)14/h8-9H,4-7,11H2,1-3H3,(H,13,14). The molecule has 5 heteroatoms. The van der Waals surface area contributed by atoms with Crippen molar-refractivity contribution in [3.8, 4) is 0 Å². The molecule has 90 valence electrons. The van der Waals surface area contributed by atoms with Gasteiger partial charge < -0.3 is 15.6 Å². The van der Waals surface area contributed by atoms with E-state index in [0.717, 1.165) is 0 Å². The molecule has 0 aliphatic carbocycles. The van der Waals surface area contributed by atoms with Crippen LogP contribution < -0.4 is 5.73 Å². The van der Waals surface area contributed by atoms with Crippen LogP contribution in [-0.4, -0.2) is 54.9 Å². The van der Waals surface area contributed by atoms with Crippen molar-refractivity contribution in [3.63, 3.8) is 0 Å². The highest BCUT2D eigenvalue weighted by atomic mass is 16.5. The minimum absolute atomic E-state index is 0.174. The molecule has 0 aromatic heterocycles. The fourth-order valence-corrected chi connectivity index (χ4v) is 1.56. The smallest absolute Gasteiger partial charge is 0.320 e. The van der Waals surface area contributed by atoms with E-state index < -0.39 is 12.0 Å². The summed E-state index contributed by atoms with van der Waals surface area (Å²) >= 11 is 0. The van der Waals surface area contributed by atoms with Crippen LogP contribution in [0.1, 0.15) is 20.3 Å². The highest BCUT2D eigenvalue weighted by Crippen LogP contribution is 2.09. The summed E-state index contributed by atoms with van der Waals surface area (Å²) in [5, 5.41) is 9.08. The van der Waals surface area contributed by atoms with E-state index in [1.54, 1.807) is 7.11 Å². The molecule has 1 unspecified atom stereocenters. The molecule has 3 N–H and O–H groups in total. The number of carboxylic acid groups (broad SMARTS) is 1. The van der Waals surface area contributed by atoms with Crippen LogP contribution in [0, 0.1) is 0 Å². The normalized spacial score (nSPS) is 13.5. The highest BCUT2D eigenvalue weighted by molar-refractivity contribution is 5.73. The SMILES string of the molecule is COCCN(C(C)C)C(CCN)C(=O)O. The third-order valence-electron chi connectivity index (χ3n) is 2.34. The van der Waals surface area contributed by atoms with Gasteiger partial charge in [0.05, 0.1) is 6.61 Å². The summed E-state index contributed by atoms with van der Waals surface area (Å²) in [4.78, 5) is 13.0. The van der Waals surface area contributed by atoms with E-state index in [0.29, 0.717) is 26.1 Å². The molecular weight excluding hydrogens is 196 g/mol. The third-order valence-corrected chi connectivity index (χ3v) is 2.34. The molecule has 15 heavy (non-hydrogen) atoms. The number of aliphatic carboxylic acids is 1. The van der Waals surface area contributed by atoms with Gasteiger partial charge in [0.1, 0.15) is 6.04 Å². The molecule has 0 saturated heterocycles. The maximum atomic E-state index is 11.1. The molecule has 0 aromatic carbocycles. The Morgan fingerprint density at radius 2 is 2.13 bits per heavy atom. The van der Waals surface area contributed by atoms with Crippen molar-refractivity contribution in [2.45, 2.75) is 32.4 Å². The first-order valence-corrected chi connectivity index (χ1v) is 5.22. The first-order valence-electron chi connectivity index (χ1n) is 5.22. The number of nitrogens with zero attached hydrogens (tertiary/aromatic N) is 1. The van der Waals surface area contributed by atoms with Crippen molar-refractivity contribution in [2.24, 2.45) is 5.73 Å². The van der Waals surface area contributed by atoms with E-state index in [-0.39, 0.29) is 6.04 Å². The number of hydrogen-bond donors (Lipinski definition) is 2. The number of rotatable bonds is 8. The van der Waals surface area contributed by atoms with Gasteiger partial charge in [0.25, 0.3) is 0 Å². The molecule has 0 aliphatic heterocycles. The molecule has 0 aromatic rings. The highest BCUT2D eigenvalue weighted by Gasteiger charge is 2.26. The molecule has 1 atom stereocenters. The molecule has 0 aliphatic rings. The predicted molar refractivity (Wildman–Crippen MR) is 58.8 cm³/mol. The number of nitrogens with two attached hydrogens (primary N) is 1. The minimum Gasteiger partial charge on any atom is -0.480 e. The lowest BCUT2D eigenvalue weighted by Crippen LogP contribution is -2.47. The third kappa shape index (κ3) is 5.11. The van der Waals surface area contributed by atoms with E-state index in [9.17, 15) is 4.79 Å². The summed E-state index contributed by atoms with van der Waals surface area (Å²) in [5.41, 5.74) is 5.41. The summed E-state index contributed by atoms with van der Waals surface area (Å²) in [5.74, 6) is -0.815. The largest absolute Gasteiger partial charge is 0.480 e. The zero-order valence-corrected chi connectivity index (χ0v) is 9.77. The minimum atomic E-state index is -0.815. The Morgan fingerprint density at radius 3 is 2.47 bits per heavy atom. The molecule has 0 spiro atoms. The Bertz CT molecular complexity index is 186. The molecular formula is C10H22N2O3. The van der Waals surface area contributed by atoms with Gasteiger partial charge in [-0.05, 0) is 26.8 Å². The van der Waals surface area contributed by atoms with Crippen molar-refractivity contribution in [3.05, 3.63) is 0 Å². The Balaban J connectivity index is 4.44. The second-order valence-corrected chi connectivity index (χ2v) is 3.76. The maximum absolute atomic E-state index is 11.1. The summed E-state index contributed by atoms with van der Waals surface area (Å²) in [6, 6.07) is -0.335. The number of methoxy groups -OCH3 is 1. The van der Waals surface area contributed by atoms with Crippen LogP contribution in [0.4, 0.5) is 0 Å². The Morgan fingerprint density at radius 1 is 1.53 bits per heavy atom. The molecule has 5 nitrogen and oxygen atoms in total. The monoisotopic (exact) mass is 218 g/mol. The number of carbonyl (C=O) groups is 1. The van der Waals surface area contributed by atoms with E-state index >= 15 is 0 Å². The van der Waals surface area contributed by atoms with Crippen molar-refractivity contribution < 1.29 is 14.6 Å². The van der Waals surface area contributed by atoms with Gasteiger partial charge >= 0.3 is 5.97 Å². The summed E-state index contributed by atoms with van der Waals surface area (Å²) < 4.78 is 4.96. The van der Waals surface area contributed by atoms with E-state index in [2.05, 4.69) is 0 Å². The van der Waals surface area contributed by atoms with Crippen LogP contribution in [-0.2, 0) is 9.53 Å². The van der Waals surface area contributed by atoms with Gasteiger partial charge in [-0.3, -0.25) is 9.69 Å². The van der Waals surface area contributed by atoms with Gasteiger partial charge in [-0.2, -0.15) is 0 Å². The van der Waals surface area contributed by atoms with Gasteiger partial charge in [0.2, 0.25) is 0 Å². The van der Waals surface area contributed by atoms with E-state index in [4.69, 9.17) is 15.6 Å². The zero-order valence-electron chi connectivity index (χ0n) is 9.77. The van der Waals surface area contributed by atoms with Gasteiger partial charge in [-0.15, -0.1) is 0 Å². The molecule has 0 fully saturated rings. The van der Waals surface area contributed by atoms with E-state index in [1.165, 1.54) is 0 Å². The van der Waals surface area contributed by atoms with Crippen LogP contribution in [0.5, 0.6) is 0 Å². The van der Waals surface area contributed by atoms with Crippen molar-refractivity contribution in [2.75, 3.05) is 26.8 Å². The zero-order chi connectivity index (χ0) is 11.8. The lowest BCUT2D eigenvalue weighted by Gasteiger charge is -2.31.